The third-order valence-corrected chi connectivity index (χ3v) is 13.9. The van der Waals surface area contributed by atoms with Crippen LogP contribution in [0.3, 0.4) is 0 Å². The first-order chi connectivity index (χ1) is 29.3. The fourth-order valence-electron chi connectivity index (χ4n) is 10.8. The number of benzene rings is 8. The predicted octanol–water partition coefficient (Wildman–Crippen LogP) is 15.9. The van der Waals surface area contributed by atoms with E-state index in [9.17, 15) is 0 Å². The lowest BCUT2D eigenvalue weighted by molar-refractivity contribution is 0.588. The van der Waals surface area contributed by atoms with Crippen molar-refractivity contribution in [2.24, 2.45) is 0 Å². The Hall–Kier alpha value is -6.44. The van der Waals surface area contributed by atoms with Crippen molar-refractivity contribution in [1.29, 1.82) is 0 Å². The van der Waals surface area contributed by atoms with Crippen molar-refractivity contribution in [2.45, 2.75) is 70.6 Å². The maximum Gasteiger partial charge on any atom is 0.0726 e. The van der Waals surface area contributed by atoms with Gasteiger partial charge in [0.05, 0.1) is 5.41 Å². The van der Waals surface area contributed by atoms with Crippen molar-refractivity contribution >= 4 is 17.1 Å². The van der Waals surface area contributed by atoms with E-state index in [4.69, 9.17) is 1.37 Å². The molecule has 292 valence electrons. The average Bonchev–Trinajstić information content (AvgIpc) is 3.81. The van der Waals surface area contributed by atoms with Crippen LogP contribution < -0.4 is 4.90 Å². The fourth-order valence-corrected chi connectivity index (χ4v) is 10.8. The van der Waals surface area contributed by atoms with Gasteiger partial charge < -0.3 is 4.90 Å². The summed E-state index contributed by atoms with van der Waals surface area (Å²) in [5, 5.41) is 0. The predicted molar refractivity (Wildman–Crippen MR) is 253 cm³/mol. The second kappa shape index (κ2) is 13.0. The lowest BCUT2D eigenvalue weighted by Crippen LogP contribution is -2.27. The monoisotopic (exact) mass is 774 g/mol. The first-order valence-electron chi connectivity index (χ1n) is 22.0. The first kappa shape index (κ1) is 35.5. The Morgan fingerprint density at radius 3 is 1.52 bits per heavy atom. The molecule has 1 atom stereocenters. The van der Waals surface area contributed by atoms with Gasteiger partial charge in [-0.2, -0.15) is 0 Å². The van der Waals surface area contributed by atoms with Crippen LogP contribution in [0.4, 0.5) is 17.1 Å². The van der Waals surface area contributed by atoms with E-state index in [2.05, 4.69) is 215 Å². The molecule has 1 spiro atoms. The van der Waals surface area contributed by atoms with E-state index in [1.54, 1.807) is 0 Å². The number of fused-ring (bicyclic) bond motifs is 13. The van der Waals surface area contributed by atoms with Crippen LogP contribution in [0.5, 0.6) is 0 Å². The van der Waals surface area contributed by atoms with E-state index in [-0.39, 0.29) is 10.8 Å². The van der Waals surface area contributed by atoms with Crippen molar-refractivity contribution < 1.29 is 1.37 Å². The summed E-state index contributed by atoms with van der Waals surface area (Å²) in [6.07, 6.45) is 0. The molecule has 0 fully saturated rings. The average molecular weight is 775 g/mol. The quantitative estimate of drug-likeness (QED) is 0.168. The Morgan fingerprint density at radius 1 is 0.433 bits per heavy atom. The molecule has 0 N–H and O–H groups in total. The second-order valence-corrected chi connectivity index (χ2v) is 18.9. The molecule has 0 saturated heterocycles. The number of hydrogen-bond donors (Lipinski definition) is 0. The van der Waals surface area contributed by atoms with Gasteiger partial charge in [0.15, 0.2) is 0 Å². The van der Waals surface area contributed by atoms with Gasteiger partial charge in [-0.3, -0.25) is 0 Å². The van der Waals surface area contributed by atoms with Crippen molar-refractivity contribution in [2.75, 3.05) is 4.90 Å². The van der Waals surface area contributed by atoms with Crippen LogP contribution >= 0.6 is 0 Å². The fraction of sp³-hybridized carbons (Fsp3) is 0.186. The Balaban J connectivity index is 1.14. The highest BCUT2D eigenvalue weighted by atomic mass is 15.1. The summed E-state index contributed by atoms with van der Waals surface area (Å²) < 4.78 is 8.70. The topological polar surface area (TPSA) is 3.24 Å². The van der Waals surface area contributed by atoms with Crippen LogP contribution in [0.1, 0.15) is 100 Å². The van der Waals surface area contributed by atoms with Gasteiger partial charge in [-0.15, -0.1) is 0 Å². The Morgan fingerprint density at radius 2 is 0.917 bits per heavy atom. The molecule has 1 heteroatoms. The molecule has 8 aromatic rings. The van der Waals surface area contributed by atoms with Crippen molar-refractivity contribution in [3.63, 3.8) is 0 Å². The summed E-state index contributed by atoms with van der Waals surface area (Å²) in [6.45, 7) is 15.6. The van der Waals surface area contributed by atoms with Crippen molar-refractivity contribution in [3.05, 3.63) is 220 Å². The molecule has 3 aliphatic carbocycles. The van der Waals surface area contributed by atoms with Gasteiger partial charge in [-0.1, -0.05) is 188 Å². The van der Waals surface area contributed by atoms with Crippen LogP contribution in [-0.2, 0) is 16.2 Å². The van der Waals surface area contributed by atoms with Gasteiger partial charge >= 0.3 is 0 Å². The highest BCUT2D eigenvalue weighted by Gasteiger charge is 2.52. The van der Waals surface area contributed by atoms with Crippen LogP contribution in [-0.4, -0.2) is 0 Å². The molecule has 1 unspecified atom stereocenters. The third kappa shape index (κ3) is 5.18. The molecule has 0 saturated carbocycles. The largest absolute Gasteiger partial charge is 0.310 e. The minimum absolute atomic E-state index is 0.00348. The molecule has 1 nitrogen and oxygen atoms in total. The molecular weight excluding hydrogens is 723 g/mol. The zero-order valence-electron chi connectivity index (χ0n) is 36.7. The molecular formula is C59H51N. The summed E-state index contributed by atoms with van der Waals surface area (Å²) in [7, 11) is 0. The minimum atomic E-state index is -0.674. The van der Waals surface area contributed by atoms with Gasteiger partial charge in [0, 0.05) is 23.8 Å². The molecule has 0 heterocycles. The van der Waals surface area contributed by atoms with Gasteiger partial charge in [0.1, 0.15) is 0 Å². The van der Waals surface area contributed by atoms with E-state index in [1.165, 1.54) is 72.3 Å². The molecule has 8 aromatic carbocycles. The van der Waals surface area contributed by atoms with Crippen LogP contribution in [0.25, 0.3) is 44.5 Å². The summed E-state index contributed by atoms with van der Waals surface area (Å²) in [5.41, 5.74) is 23.4. The number of nitrogens with zero attached hydrogens (tertiary/aromatic N) is 1. The van der Waals surface area contributed by atoms with Crippen LogP contribution in [0, 0.1) is 0 Å². The van der Waals surface area contributed by atoms with Crippen molar-refractivity contribution in [3.8, 4) is 44.5 Å². The number of anilines is 3. The SMILES string of the molecule is [2H]C(C)(C)c1cccc(-c2ccc(N(c3ccc4c(c3)C(C)(C)c3ccccc3-4)c3ccc4c(c3)C3(c5ccccc5-4)c4ccccc4-c4ccc(C(C)(C)C)cc43)cc2)c1. The standard InChI is InChI=1S/C59H51N/c1-37(2)39-15-14-16-40(33-39)38-23-26-42(27-24-38)60(43-28-31-48-45-17-8-11-20-51(45)58(6,7)54(48)35-43)44-29-32-50-47-19-10-13-22-53(47)59(56(50)36-44)52-21-12-9-18-46(52)49-30-25-41(34-55(49)59)57(3,4)5/h8-37H,1-7H3/i37D. The summed E-state index contributed by atoms with van der Waals surface area (Å²) in [5.74, 6) is -0.674. The molecule has 3 aliphatic rings. The normalized spacial score (nSPS) is 16.7. The van der Waals surface area contributed by atoms with E-state index in [0.717, 1.165) is 33.8 Å². The van der Waals surface area contributed by atoms with Crippen LogP contribution in [0.2, 0.25) is 0 Å². The molecule has 11 rings (SSSR count). The van der Waals surface area contributed by atoms with E-state index < -0.39 is 11.3 Å². The summed E-state index contributed by atoms with van der Waals surface area (Å²) in [4.78, 5) is 2.47. The highest BCUT2D eigenvalue weighted by molar-refractivity contribution is 5.97. The lowest BCUT2D eigenvalue weighted by atomic mass is 9.69. The first-order valence-corrected chi connectivity index (χ1v) is 21.5. The smallest absolute Gasteiger partial charge is 0.0726 e. The number of hydrogen-bond acceptors (Lipinski definition) is 1. The highest BCUT2D eigenvalue weighted by Crippen LogP contribution is 2.64. The molecule has 60 heavy (non-hydrogen) atoms. The third-order valence-electron chi connectivity index (χ3n) is 13.9. The molecule has 0 amide bonds. The van der Waals surface area contributed by atoms with Crippen LogP contribution in [0.15, 0.2) is 176 Å². The Labute approximate surface area is 357 Å². The molecule has 0 aliphatic heterocycles. The van der Waals surface area contributed by atoms with E-state index >= 15 is 0 Å². The maximum atomic E-state index is 8.70. The van der Waals surface area contributed by atoms with Gasteiger partial charge in [-0.25, -0.2) is 0 Å². The second-order valence-electron chi connectivity index (χ2n) is 18.9. The Bertz CT molecular complexity index is 3070. The number of rotatable bonds is 5. The maximum absolute atomic E-state index is 8.70. The van der Waals surface area contributed by atoms with E-state index in [1.807, 2.05) is 13.8 Å². The minimum Gasteiger partial charge on any atom is -0.310 e. The van der Waals surface area contributed by atoms with E-state index in [0.29, 0.717) is 0 Å². The molecule has 0 bridgehead atoms. The zero-order chi connectivity index (χ0) is 42.1. The molecule has 0 aromatic heterocycles. The summed E-state index contributed by atoms with van der Waals surface area (Å²) >= 11 is 0. The van der Waals surface area contributed by atoms with Crippen molar-refractivity contribution in [1.82, 2.24) is 0 Å². The van der Waals surface area contributed by atoms with Gasteiger partial charge in [0.25, 0.3) is 0 Å². The van der Waals surface area contributed by atoms with Gasteiger partial charge in [0.2, 0.25) is 0 Å². The Kier molecular flexibility index (Phi) is 7.71. The van der Waals surface area contributed by atoms with Gasteiger partial charge in [-0.05, 0) is 137 Å². The summed E-state index contributed by atoms with van der Waals surface area (Å²) in [6, 6.07) is 66.2. The molecule has 0 radical (unpaired) electrons. The zero-order valence-corrected chi connectivity index (χ0v) is 35.7. The lowest BCUT2D eigenvalue weighted by Gasteiger charge is -2.33.